The zero-order chi connectivity index (χ0) is 17.8. The smallest absolute Gasteiger partial charge is 0.268 e. The van der Waals surface area contributed by atoms with Crippen LogP contribution in [0.3, 0.4) is 0 Å². The van der Waals surface area contributed by atoms with Crippen molar-refractivity contribution in [1.29, 1.82) is 0 Å². The summed E-state index contributed by atoms with van der Waals surface area (Å²) in [5.41, 5.74) is 1.36. The number of hydrogen-bond donors (Lipinski definition) is 0. The molecule has 1 fully saturated rings. The van der Waals surface area contributed by atoms with Gasteiger partial charge in [0.15, 0.2) is 0 Å². The third-order valence-electron chi connectivity index (χ3n) is 4.93. The molecule has 1 aromatic carbocycles. The summed E-state index contributed by atoms with van der Waals surface area (Å²) in [6.45, 7) is 2.01. The fourth-order valence-corrected chi connectivity index (χ4v) is 4.52. The number of nitrogens with zero attached hydrogens (tertiary/aromatic N) is 1. The van der Waals surface area contributed by atoms with Gasteiger partial charge in [-0.2, -0.15) is 0 Å². The zero-order valence-corrected chi connectivity index (χ0v) is 15.7. The summed E-state index contributed by atoms with van der Waals surface area (Å²) >= 11 is 1.47. The maximum atomic E-state index is 13.2. The lowest BCUT2D eigenvalue weighted by molar-refractivity contribution is -0.139. The van der Waals surface area contributed by atoms with Crippen molar-refractivity contribution in [2.45, 2.75) is 51.5 Å². The number of thioether (sulfide) groups is 1. The summed E-state index contributed by atoms with van der Waals surface area (Å²) in [6, 6.07) is 7.45. The Labute approximate surface area is 153 Å². The second-order valence-corrected chi connectivity index (χ2v) is 7.77. The highest BCUT2D eigenvalue weighted by Gasteiger charge is 2.42. The third-order valence-corrected chi connectivity index (χ3v) is 5.89. The van der Waals surface area contributed by atoms with Crippen molar-refractivity contribution in [3.05, 3.63) is 34.7 Å². The Morgan fingerprint density at radius 2 is 1.68 bits per heavy atom. The number of methoxy groups -OCH3 is 1. The van der Waals surface area contributed by atoms with Crippen LogP contribution in [0.4, 0.5) is 0 Å². The maximum Gasteiger partial charge on any atom is 0.268 e. The van der Waals surface area contributed by atoms with E-state index in [-0.39, 0.29) is 17.9 Å². The fraction of sp³-hybridized carbons (Fsp3) is 0.500. The molecular formula is C20H25NO3S. The van der Waals surface area contributed by atoms with E-state index in [1.807, 2.05) is 31.2 Å². The van der Waals surface area contributed by atoms with E-state index in [4.69, 9.17) is 4.74 Å². The molecule has 5 heteroatoms. The first-order chi connectivity index (χ1) is 12.2. The topological polar surface area (TPSA) is 46.6 Å². The molecule has 4 nitrogen and oxygen atoms in total. The number of benzene rings is 1. The van der Waals surface area contributed by atoms with Crippen LogP contribution >= 0.6 is 11.8 Å². The first-order valence-electron chi connectivity index (χ1n) is 9.06. The first kappa shape index (κ1) is 18.1. The predicted molar refractivity (Wildman–Crippen MR) is 101 cm³/mol. The molecule has 2 amide bonds. The minimum Gasteiger partial charge on any atom is -0.497 e. The van der Waals surface area contributed by atoms with Crippen molar-refractivity contribution in [3.8, 4) is 5.75 Å². The summed E-state index contributed by atoms with van der Waals surface area (Å²) in [4.78, 5) is 28.3. The second kappa shape index (κ2) is 8.09. The fourth-order valence-electron chi connectivity index (χ4n) is 3.66. The Morgan fingerprint density at radius 1 is 1.04 bits per heavy atom. The first-order valence-corrected chi connectivity index (χ1v) is 10.0. The van der Waals surface area contributed by atoms with Crippen LogP contribution in [-0.2, 0) is 9.59 Å². The lowest BCUT2D eigenvalue weighted by Crippen LogP contribution is -2.40. The standard InChI is InChI=1S/C20H25NO3S/c1-3-25-18-17(14-10-12-16(24-2)13-11-14)19(22)21(20(18)23)15-8-6-4-5-7-9-15/h10-13,15H,3-9H2,1-2H3. The van der Waals surface area contributed by atoms with Gasteiger partial charge in [0.05, 0.1) is 17.6 Å². The van der Waals surface area contributed by atoms with Gasteiger partial charge in [0.1, 0.15) is 5.75 Å². The summed E-state index contributed by atoms with van der Waals surface area (Å²) in [5.74, 6) is 1.28. The Kier molecular flexibility index (Phi) is 5.84. The van der Waals surface area contributed by atoms with Gasteiger partial charge < -0.3 is 4.74 Å². The SMILES string of the molecule is CCSC1=C(c2ccc(OC)cc2)C(=O)N(C2CCCCCC2)C1=O. The Balaban J connectivity index is 1.95. The van der Waals surface area contributed by atoms with E-state index in [9.17, 15) is 9.59 Å². The van der Waals surface area contributed by atoms with Crippen molar-refractivity contribution in [1.82, 2.24) is 4.90 Å². The lowest BCUT2D eigenvalue weighted by Gasteiger charge is -2.25. The average Bonchev–Trinajstić information content (AvgIpc) is 2.81. The minimum atomic E-state index is -0.127. The van der Waals surface area contributed by atoms with Crippen molar-refractivity contribution in [3.63, 3.8) is 0 Å². The van der Waals surface area contributed by atoms with Crippen LogP contribution in [0.25, 0.3) is 5.57 Å². The number of hydrogen-bond acceptors (Lipinski definition) is 4. The van der Waals surface area contributed by atoms with Gasteiger partial charge in [-0.25, -0.2) is 0 Å². The molecule has 0 saturated heterocycles. The molecular weight excluding hydrogens is 334 g/mol. The summed E-state index contributed by atoms with van der Waals surface area (Å²) in [6.07, 6.45) is 6.44. The number of amides is 2. The van der Waals surface area contributed by atoms with Crippen LogP contribution in [0.1, 0.15) is 51.0 Å². The summed E-state index contributed by atoms with van der Waals surface area (Å²) in [5, 5.41) is 0. The highest BCUT2D eigenvalue weighted by atomic mass is 32.2. The van der Waals surface area contributed by atoms with Gasteiger partial charge in [-0.1, -0.05) is 44.7 Å². The molecule has 0 N–H and O–H groups in total. The van der Waals surface area contributed by atoms with Crippen LogP contribution < -0.4 is 4.74 Å². The average molecular weight is 359 g/mol. The normalized spacial score (nSPS) is 19.5. The Hall–Kier alpha value is -1.75. The molecule has 134 valence electrons. The van der Waals surface area contributed by atoms with Crippen LogP contribution in [0.2, 0.25) is 0 Å². The van der Waals surface area contributed by atoms with Gasteiger partial charge >= 0.3 is 0 Å². The summed E-state index contributed by atoms with van der Waals surface area (Å²) < 4.78 is 5.20. The van der Waals surface area contributed by atoms with Crippen LogP contribution in [0.5, 0.6) is 5.75 Å². The number of carbonyl (C=O) groups is 2. The minimum absolute atomic E-state index is 0.0469. The van der Waals surface area contributed by atoms with E-state index >= 15 is 0 Å². The maximum absolute atomic E-state index is 13.2. The van der Waals surface area contributed by atoms with Gasteiger partial charge in [-0.05, 0) is 36.3 Å². The van der Waals surface area contributed by atoms with E-state index < -0.39 is 0 Å². The van der Waals surface area contributed by atoms with Crippen molar-refractivity contribution in [2.75, 3.05) is 12.9 Å². The zero-order valence-electron chi connectivity index (χ0n) is 14.9. The molecule has 0 aromatic heterocycles. The molecule has 0 radical (unpaired) electrons. The van der Waals surface area contributed by atoms with E-state index in [1.165, 1.54) is 24.6 Å². The molecule has 25 heavy (non-hydrogen) atoms. The highest BCUT2D eigenvalue weighted by molar-refractivity contribution is 8.04. The molecule has 0 spiro atoms. The third kappa shape index (κ3) is 3.61. The molecule has 0 unspecified atom stereocenters. The van der Waals surface area contributed by atoms with E-state index in [0.29, 0.717) is 10.5 Å². The molecule has 2 aliphatic rings. The van der Waals surface area contributed by atoms with Gasteiger partial charge in [-0.3, -0.25) is 14.5 Å². The quantitative estimate of drug-likeness (QED) is 0.582. The predicted octanol–water partition coefficient (Wildman–Crippen LogP) is 4.25. The largest absolute Gasteiger partial charge is 0.497 e. The molecule has 1 saturated carbocycles. The van der Waals surface area contributed by atoms with Gasteiger partial charge in [0.25, 0.3) is 11.8 Å². The number of imide groups is 1. The van der Waals surface area contributed by atoms with E-state index in [2.05, 4.69) is 0 Å². The molecule has 1 aliphatic heterocycles. The molecule has 0 bridgehead atoms. The summed E-state index contributed by atoms with van der Waals surface area (Å²) in [7, 11) is 1.62. The molecule has 3 rings (SSSR count). The van der Waals surface area contributed by atoms with Gasteiger partial charge in [0, 0.05) is 6.04 Å². The Bertz CT molecular complexity index is 673. The van der Waals surface area contributed by atoms with Crippen molar-refractivity contribution in [2.24, 2.45) is 0 Å². The highest BCUT2D eigenvalue weighted by Crippen LogP contribution is 2.39. The van der Waals surface area contributed by atoms with Crippen molar-refractivity contribution >= 4 is 29.1 Å². The van der Waals surface area contributed by atoms with Gasteiger partial charge in [-0.15, -0.1) is 11.8 Å². The van der Waals surface area contributed by atoms with Crippen LogP contribution in [0, 0.1) is 0 Å². The van der Waals surface area contributed by atoms with E-state index in [1.54, 1.807) is 12.0 Å². The number of ether oxygens (including phenoxy) is 1. The second-order valence-electron chi connectivity index (χ2n) is 6.49. The molecule has 0 atom stereocenters. The number of carbonyl (C=O) groups excluding carboxylic acids is 2. The monoisotopic (exact) mass is 359 g/mol. The molecule has 1 heterocycles. The van der Waals surface area contributed by atoms with Crippen LogP contribution in [-0.4, -0.2) is 35.6 Å². The lowest BCUT2D eigenvalue weighted by atomic mass is 10.0. The van der Waals surface area contributed by atoms with Gasteiger partial charge in [0.2, 0.25) is 0 Å². The van der Waals surface area contributed by atoms with Crippen LogP contribution in [0.15, 0.2) is 29.2 Å². The number of rotatable bonds is 5. The molecule has 1 aliphatic carbocycles. The van der Waals surface area contributed by atoms with Crippen molar-refractivity contribution < 1.29 is 14.3 Å². The van der Waals surface area contributed by atoms with E-state index in [0.717, 1.165) is 42.7 Å². The molecule has 1 aromatic rings. The Morgan fingerprint density at radius 3 is 2.24 bits per heavy atom.